The van der Waals surface area contributed by atoms with E-state index in [0.29, 0.717) is 42.9 Å². The summed E-state index contributed by atoms with van der Waals surface area (Å²) in [4.78, 5) is 25.7. The smallest absolute Gasteiger partial charge is 0.407 e. The molecule has 6 nitrogen and oxygen atoms in total. The molecular formula is C21H19ClFN3O3. The Balaban J connectivity index is 1.69. The first-order valence-electron chi connectivity index (χ1n) is 9.28. The van der Waals surface area contributed by atoms with E-state index in [1.165, 1.54) is 16.0 Å². The molecule has 1 saturated heterocycles. The number of hydrazine groups is 1. The second-order valence-electron chi connectivity index (χ2n) is 7.08. The van der Waals surface area contributed by atoms with E-state index in [-0.39, 0.29) is 22.4 Å². The minimum atomic E-state index is -0.944. The average Bonchev–Trinajstić information content (AvgIpc) is 2.73. The minimum Gasteiger partial charge on any atom is -0.465 e. The van der Waals surface area contributed by atoms with E-state index in [9.17, 15) is 14.0 Å². The van der Waals surface area contributed by atoms with Gasteiger partial charge in [0.05, 0.1) is 5.69 Å². The van der Waals surface area contributed by atoms with Crippen LogP contribution in [0.1, 0.15) is 28.8 Å². The maximum absolute atomic E-state index is 14.7. The van der Waals surface area contributed by atoms with Crippen LogP contribution in [0.5, 0.6) is 0 Å². The molecule has 0 radical (unpaired) electrons. The van der Waals surface area contributed by atoms with E-state index in [4.69, 9.17) is 16.7 Å². The van der Waals surface area contributed by atoms with Crippen molar-refractivity contribution >= 4 is 35.4 Å². The standard InChI is InChI=1S/C21H19ClFN3O3/c22-15-10-17(23)16-12-18(13-6-8-25(9-7-13)21(28)29)24-26(19(16)11-15)20(27)14-4-2-1-3-5-14/h1-5,10-13,24H,6-9H2,(H,28,29). The lowest BCUT2D eigenvalue weighted by Crippen LogP contribution is -2.48. The van der Waals surface area contributed by atoms with Crippen LogP contribution in [-0.2, 0) is 0 Å². The number of allylic oxidation sites excluding steroid dienone is 1. The van der Waals surface area contributed by atoms with Gasteiger partial charge < -0.3 is 10.0 Å². The zero-order valence-electron chi connectivity index (χ0n) is 15.4. The van der Waals surface area contributed by atoms with E-state index in [0.717, 1.165) is 0 Å². The summed E-state index contributed by atoms with van der Waals surface area (Å²) >= 11 is 6.04. The molecule has 0 spiro atoms. The Labute approximate surface area is 172 Å². The number of halogens is 2. The molecule has 150 valence electrons. The van der Waals surface area contributed by atoms with Crippen molar-refractivity contribution in [2.45, 2.75) is 12.8 Å². The summed E-state index contributed by atoms with van der Waals surface area (Å²) in [6.07, 6.45) is 1.92. The number of nitrogens with zero attached hydrogens (tertiary/aromatic N) is 2. The van der Waals surface area contributed by atoms with Crippen LogP contribution in [0, 0.1) is 11.7 Å². The van der Waals surface area contributed by atoms with Crippen LogP contribution in [-0.4, -0.2) is 35.1 Å². The fourth-order valence-corrected chi connectivity index (χ4v) is 3.94. The molecule has 8 heteroatoms. The van der Waals surface area contributed by atoms with Crippen molar-refractivity contribution in [3.63, 3.8) is 0 Å². The summed E-state index contributed by atoms with van der Waals surface area (Å²) in [5.74, 6) is -0.859. The molecule has 0 unspecified atom stereocenters. The Kier molecular flexibility index (Phi) is 5.15. The molecule has 2 aromatic carbocycles. The lowest BCUT2D eigenvalue weighted by atomic mass is 9.91. The number of carbonyl (C=O) groups excluding carboxylic acids is 1. The van der Waals surface area contributed by atoms with Gasteiger partial charge in [-0.3, -0.25) is 10.2 Å². The first-order chi connectivity index (χ1) is 13.9. The molecule has 2 amide bonds. The third-order valence-corrected chi connectivity index (χ3v) is 5.50. The van der Waals surface area contributed by atoms with E-state index in [2.05, 4.69) is 5.43 Å². The summed E-state index contributed by atoms with van der Waals surface area (Å²) in [7, 11) is 0. The largest absolute Gasteiger partial charge is 0.465 e. The average molecular weight is 416 g/mol. The Morgan fingerprint density at radius 1 is 1.14 bits per heavy atom. The molecule has 2 aromatic rings. The quantitative estimate of drug-likeness (QED) is 0.763. The Bertz CT molecular complexity index is 988. The number of fused-ring (bicyclic) bond motifs is 1. The van der Waals surface area contributed by atoms with Gasteiger partial charge in [0, 0.05) is 40.9 Å². The topological polar surface area (TPSA) is 72.9 Å². The molecule has 29 heavy (non-hydrogen) atoms. The molecule has 2 aliphatic rings. The van der Waals surface area contributed by atoms with Crippen molar-refractivity contribution in [2.75, 3.05) is 18.1 Å². The number of likely N-dealkylation sites (tertiary alicyclic amines) is 1. The minimum absolute atomic E-state index is 0.0140. The maximum atomic E-state index is 14.7. The normalized spacial score (nSPS) is 16.7. The lowest BCUT2D eigenvalue weighted by molar-refractivity contribution is 0.0974. The Morgan fingerprint density at radius 2 is 1.83 bits per heavy atom. The molecule has 0 bridgehead atoms. The van der Waals surface area contributed by atoms with Gasteiger partial charge in [-0.1, -0.05) is 29.8 Å². The van der Waals surface area contributed by atoms with Gasteiger partial charge in [0.2, 0.25) is 0 Å². The van der Waals surface area contributed by atoms with Crippen LogP contribution in [0.4, 0.5) is 14.9 Å². The predicted octanol–water partition coefficient (Wildman–Crippen LogP) is 4.38. The van der Waals surface area contributed by atoms with Crippen molar-refractivity contribution in [1.29, 1.82) is 0 Å². The molecule has 2 aliphatic heterocycles. The van der Waals surface area contributed by atoms with Gasteiger partial charge in [0.25, 0.3) is 5.91 Å². The molecule has 2 heterocycles. The van der Waals surface area contributed by atoms with Gasteiger partial charge in [-0.2, -0.15) is 0 Å². The van der Waals surface area contributed by atoms with Crippen LogP contribution in [0.15, 0.2) is 48.2 Å². The van der Waals surface area contributed by atoms with Crippen molar-refractivity contribution < 1.29 is 19.1 Å². The molecule has 0 aliphatic carbocycles. The SMILES string of the molecule is O=C(O)N1CCC(C2=Cc3c(F)cc(Cl)cc3N(C(=O)c3ccccc3)N2)CC1. The van der Waals surface area contributed by atoms with Crippen molar-refractivity contribution in [2.24, 2.45) is 5.92 Å². The first kappa shape index (κ1) is 19.3. The third-order valence-electron chi connectivity index (χ3n) is 5.28. The zero-order chi connectivity index (χ0) is 20.5. The van der Waals surface area contributed by atoms with Crippen LogP contribution >= 0.6 is 11.6 Å². The van der Waals surface area contributed by atoms with Crippen LogP contribution in [0.25, 0.3) is 6.08 Å². The van der Waals surface area contributed by atoms with Gasteiger partial charge in [0.1, 0.15) is 5.82 Å². The van der Waals surface area contributed by atoms with Crippen LogP contribution in [0.3, 0.4) is 0 Å². The highest BCUT2D eigenvalue weighted by molar-refractivity contribution is 6.31. The summed E-state index contributed by atoms with van der Waals surface area (Å²) in [5, 5.41) is 10.7. The Hall–Kier alpha value is -3.06. The van der Waals surface area contributed by atoms with Gasteiger partial charge in [-0.15, -0.1) is 0 Å². The lowest BCUT2D eigenvalue weighted by Gasteiger charge is -2.37. The number of carbonyl (C=O) groups is 2. The second kappa shape index (κ2) is 7.75. The van der Waals surface area contributed by atoms with Crippen LogP contribution in [0.2, 0.25) is 5.02 Å². The molecule has 0 aromatic heterocycles. The Morgan fingerprint density at radius 3 is 2.48 bits per heavy atom. The zero-order valence-corrected chi connectivity index (χ0v) is 16.2. The highest BCUT2D eigenvalue weighted by Gasteiger charge is 2.32. The summed E-state index contributed by atoms with van der Waals surface area (Å²) in [6, 6.07) is 11.5. The monoisotopic (exact) mass is 415 g/mol. The first-order valence-corrected chi connectivity index (χ1v) is 9.66. The van der Waals surface area contributed by atoms with E-state index in [1.54, 1.807) is 36.4 Å². The third kappa shape index (κ3) is 3.78. The molecule has 0 atom stereocenters. The van der Waals surface area contributed by atoms with Crippen LogP contribution < -0.4 is 10.4 Å². The summed E-state index contributed by atoms with van der Waals surface area (Å²) < 4.78 is 14.7. The van der Waals surface area contributed by atoms with Gasteiger partial charge in [-0.25, -0.2) is 14.2 Å². The highest BCUT2D eigenvalue weighted by Crippen LogP contribution is 2.36. The van der Waals surface area contributed by atoms with Gasteiger partial charge in [0.15, 0.2) is 0 Å². The number of rotatable bonds is 2. The second-order valence-corrected chi connectivity index (χ2v) is 7.52. The predicted molar refractivity (Wildman–Crippen MR) is 108 cm³/mol. The van der Waals surface area contributed by atoms with E-state index in [1.807, 2.05) is 6.07 Å². The number of piperidine rings is 1. The molecular weight excluding hydrogens is 397 g/mol. The number of benzene rings is 2. The van der Waals surface area contributed by atoms with E-state index >= 15 is 0 Å². The maximum Gasteiger partial charge on any atom is 0.407 e. The molecule has 1 fully saturated rings. The molecule has 0 saturated carbocycles. The summed E-state index contributed by atoms with van der Waals surface area (Å²) in [6.45, 7) is 0.781. The molecule has 2 N–H and O–H groups in total. The number of anilines is 1. The number of amides is 2. The van der Waals surface area contributed by atoms with Gasteiger partial charge >= 0.3 is 6.09 Å². The molecule has 4 rings (SSSR count). The number of carboxylic acid groups (broad SMARTS) is 1. The van der Waals surface area contributed by atoms with E-state index < -0.39 is 11.9 Å². The summed E-state index contributed by atoms with van der Waals surface area (Å²) in [5.41, 5.74) is 4.90. The number of nitrogens with one attached hydrogen (secondary N) is 1. The van der Waals surface area contributed by atoms with Crippen molar-refractivity contribution in [3.05, 3.63) is 70.1 Å². The number of hydrogen-bond donors (Lipinski definition) is 2. The fraction of sp³-hybridized carbons (Fsp3) is 0.238. The highest BCUT2D eigenvalue weighted by atomic mass is 35.5. The van der Waals surface area contributed by atoms with Crippen molar-refractivity contribution in [1.82, 2.24) is 10.3 Å². The van der Waals surface area contributed by atoms with Gasteiger partial charge in [-0.05, 0) is 43.2 Å². The fourth-order valence-electron chi connectivity index (χ4n) is 3.74. The van der Waals surface area contributed by atoms with Crippen molar-refractivity contribution in [3.8, 4) is 0 Å². The number of hydrogen-bond acceptors (Lipinski definition) is 3.